The van der Waals surface area contributed by atoms with Gasteiger partial charge in [0.25, 0.3) is 0 Å². The molecule has 5 heteroatoms. The SMILES string of the molecule is CC1=CCCC=CC2OC(=O)C(C)C2C(OC(=O)CC(C)(C)O)C1. The second-order valence-corrected chi connectivity index (χ2v) is 7.55. The van der Waals surface area contributed by atoms with Crippen LogP contribution in [0.5, 0.6) is 0 Å². The summed E-state index contributed by atoms with van der Waals surface area (Å²) in [6, 6.07) is 0. The average molecular weight is 336 g/mol. The van der Waals surface area contributed by atoms with Crippen LogP contribution in [0.2, 0.25) is 0 Å². The van der Waals surface area contributed by atoms with Gasteiger partial charge < -0.3 is 14.6 Å². The topological polar surface area (TPSA) is 72.8 Å². The molecule has 0 aromatic heterocycles. The number of ether oxygens (including phenoxy) is 2. The van der Waals surface area contributed by atoms with Gasteiger partial charge in [-0.15, -0.1) is 0 Å². The lowest BCUT2D eigenvalue weighted by Gasteiger charge is -2.29. The molecule has 1 heterocycles. The molecule has 24 heavy (non-hydrogen) atoms. The van der Waals surface area contributed by atoms with Crippen molar-refractivity contribution >= 4 is 11.9 Å². The van der Waals surface area contributed by atoms with Gasteiger partial charge in [-0.2, -0.15) is 0 Å². The number of allylic oxidation sites excluding steroid dienone is 2. The van der Waals surface area contributed by atoms with Gasteiger partial charge in [0.15, 0.2) is 0 Å². The molecule has 134 valence electrons. The summed E-state index contributed by atoms with van der Waals surface area (Å²) in [5.74, 6) is -1.24. The summed E-state index contributed by atoms with van der Waals surface area (Å²) < 4.78 is 11.2. The van der Waals surface area contributed by atoms with E-state index in [4.69, 9.17) is 9.47 Å². The van der Waals surface area contributed by atoms with Gasteiger partial charge in [0, 0.05) is 6.42 Å². The summed E-state index contributed by atoms with van der Waals surface area (Å²) in [4.78, 5) is 24.2. The van der Waals surface area contributed by atoms with Gasteiger partial charge in [0.05, 0.1) is 23.9 Å². The fourth-order valence-electron chi connectivity index (χ4n) is 3.34. The van der Waals surface area contributed by atoms with Crippen LogP contribution < -0.4 is 0 Å². The van der Waals surface area contributed by atoms with Crippen LogP contribution in [0.4, 0.5) is 0 Å². The fourth-order valence-corrected chi connectivity index (χ4v) is 3.34. The first-order chi connectivity index (χ1) is 11.2. The normalized spacial score (nSPS) is 31.0. The summed E-state index contributed by atoms with van der Waals surface area (Å²) in [6.07, 6.45) is 7.58. The zero-order valence-electron chi connectivity index (χ0n) is 15.0. The molecule has 1 aliphatic carbocycles. The molecule has 5 nitrogen and oxygen atoms in total. The molecular formula is C19H28O5. The van der Waals surface area contributed by atoms with Crippen LogP contribution in [-0.4, -0.2) is 34.9 Å². The van der Waals surface area contributed by atoms with Crippen LogP contribution in [0.15, 0.2) is 23.8 Å². The van der Waals surface area contributed by atoms with E-state index in [0.717, 1.165) is 18.4 Å². The minimum absolute atomic E-state index is 0.0807. The molecule has 1 fully saturated rings. The van der Waals surface area contributed by atoms with E-state index in [-0.39, 0.29) is 30.3 Å². The molecule has 0 spiro atoms. The quantitative estimate of drug-likeness (QED) is 0.634. The molecule has 0 aromatic carbocycles. The monoisotopic (exact) mass is 336 g/mol. The Balaban J connectivity index is 2.24. The molecule has 2 aliphatic rings. The molecular weight excluding hydrogens is 308 g/mol. The van der Waals surface area contributed by atoms with Crippen molar-refractivity contribution in [1.82, 2.24) is 0 Å². The second-order valence-electron chi connectivity index (χ2n) is 7.55. The number of carbonyl (C=O) groups is 2. The van der Waals surface area contributed by atoms with Crippen molar-refractivity contribution in [2.45, 2.75) is 71.2 Å². The maximum Gasteiger partial charge on any atom is 0.309 e. The summed E-state index contributed by atoms with van der Waals surface area (Å²) in [5, 5.41) is 9.83. The first-order valence-corrected chi connectivity index (χ1v) is 8.62. The van der Waals surface area contributed by atoms with Gasteiger partial charge >= 0.3 is 11.9 Å². The summed E-state index contributed by atoms with van der Waals surface area (Å²) in [6.45, 7) is 6.98. The highest BCUT2D eigenvalue weighted by Crippen LogP contribution is 2.36. The average Bonchev–Trinajstić information content (AvgIpc) is 2.70. The van der Waals surface area contributed by atoms with Crippen LogP contribution in [0, 0.1) is 11.8 Å². The predicted molar refractivity (Wildman–Crippen MR) is 90.1 cm³/mol. The Labute approximate surface area is 143 Å². The largest absolute Gasteiger partial charge is 0.461 e. The van der Waals surface area contributed by atoms with Crippen LogP contribution >= 0.6 is 0 Å². The van der Waals surface area contributed by atoms with Crippen LogP contribution in [-0.2, 0) is 19.1 Å². The van der Waals surface area contributed by atoms with Crippen LogP contribution in [0.25, 0.3) is 0 Å². The van der Waals surface area contributed by atoms with Crippen molar-refractivity contribution in [1.29, 1.82) is 0 Å². The minimum atomic E-state index is -1.12. The Hall–Kier alpha value is -1.62. The molecule has 4 unspecified atom stereocenters. The Morgan fingerprint density at radius 1 is 1.42 bits per heavy atom. The van der Waals surface area contributed by atoms with E-state index >= 15 is 0 Å². The highest BCUT2D eigenvalue weighted by molar-refractivity contribution is 5.76. The third-order valence-electron chi connectivity index (χ3n) is 4.54. The van der Waals surface area contributed by atoms with Crippen molar-refractivity contribution in [3.8, 4) is 0 Å². The molecule has 1 N–H and O–H groups in total. The fraction of sp³-hybridized carbons (Fsp3) is 0.684. The molecule has 0 aromatic rings. The van der Waals surface area contributed by atoms with Crippen molar-refractivity contribution in [3.63, 3.8) is 0 Å². The number of fused-ring (bicyclic) bond motifs is 1. The maximum atomic E-state index is 12.2. The van der Waals surface area contributed by atoms with Crippen LogP contribution in [0.1, 0.15) is 53.4 Å². The highest BCUT2D eigenvalue weighted by Gasteiger charge is 2.46. The molecule has 1 saturated heterocycles. The third kappa shape index (κ3) is 4.94. The van der Waals surface area contributed by atoms with E-state index in [1.807, 2.05) is 26.0 Å². The standard InChI is InChI=1S/C19H28O5/c1-12-8-6-5-7-9-14-17(13(2)18(21)24-14)15(10-12)23-16(20)11-19(3,4)22/h7-9,13-15,17,22H,5-6,10-11H2,1-4H3. The van der Waals surface area contributed by atoms with E-state index in [9.17, 15) is 14.7 Å². The number of carbonyl (C=O) groups excluding carboxylic acids is 2. The molecule has 0 saturated carbocycles. The Morgan fingerprint density at radius 2 is 2.12 bits per heavy atom. The van der Waals surface area contributed by atoms with E-state index in [1.165, 1.54) is 0 Å². The molecule has 0 radical (unpaired) electrons. The second kappa shape index (κ2) is 7.51. The molecule has 4 atom stereocenters. The lowest BCUT2D eigenvalue weighted by molar-refractivity contribution is -0.157. The molecule has 0 amide bonds. The van der Waals surface area contributed by atoms with Gasteiger partial charge in [-0.1, -0.05) is 24.6 Å². The summed E-state index contributed by atoms with van der Waals surface area (Å²) in [7, 11) is 0. The minimum Gasteiger partial charge on any atom is -0.461 e. The lowest BCUT2D eigenvalue weighted by Crippen LogP contribution is -2.37. The molecule has 2 rings (SSSR count). The van der Waals surface area contributed by atoms with Crippen molar-refractivity contribution < 1.29 is 24.2 Å². The molecule has 0 bridgehead atoms. The Kier molecular flexibility index (Phi) is 5.86. The van der Waals surface area contributed by atoms with Gasteiger partial charge in [-0.05, 0) is 39.7 Å². The van der Waals surface area contributed by atoms with E-state index in [1.54, 1.807) is 13.8 Å². The highest BCUT2D eigenvalue weighted by atomic mass is 16.6. The Morgan fingerprint density at radius 3 is 2.79 bits per heavy atom. The number of aliphatic hydroxyl groups is 1. The number of esters is 2. The zero-order valence-corrected chi connectivity index (χ0v) is 15.0. The van der Waals surface area contributed by atoms with Gasteiger partial charge in [-0.3, -0.25) is 9.59 Å². The van der Waals surface area contributed by atoms with Gasteiger partial charge in [0.2, 0.25) is 0 Å². The predicted octanol–water partition coefficient (Wildman–Crippen LogP) is 2.92. The summed E-state index contributed by atoms with van der Waals surface area (Å²) in [5.41, 5.74) is 0.0156. The van der Waals surface area contributed by atoms with E-state index in [0.29, 0.717) is 6.42 Å². The van der Waals surface area contributed by atoms with E-state index in [2.05, 4.69) is 6.08 Å². The van der Waals surface area contributed by atoms with Crippen molar-refractivity contribution in [3.05, 3.63) is 23.8 Å². The smallest absolute Gasteiger partial charge is 0.309 e. The Bertz CT molecular complexity index is 540. The number of rotatable bonds is 3. The third-order valence-corrected chi connectivity index (χ3v) is 4.54. The van der Waals surface area contributed by atoms with E-state index < -0.39 is 17.7 Å². The van der Waals surface area contributed by atoms with Crippen LogP contribution in [0.3, 0.4) is 0 Å². The number of hydrogen-bond acceptors (Lipinski definition) is 5. The molecule has 1 aliphatic heterocycles. The van der Waals surface area contributed by atoms with Crippen molar-refractivity contribution in [2.75, 3.05) is 0 Å². The van der Waals surface area contributed by atoms with Gasteiger partial charge in [0.1, 0.15) is 12.2 Å². The number of hydrogen-bond donors (Lipinski definition) is 1. The van der Waals surface area contributed by atoms with Crippen molar-refractivity contribution in [2.24, 2.45) is 11.8 Å². The lowest BCUT2D eigenvalue weighted by atomic mass is 9.83. The first kappa shape index (κ1) is 18.7. The zero-order chi connectivity index (χ0) is 17.9. The maximum absolute atomic E-state index is 12.2. The summed E-state index contributed by atoms with van der Waals surface area (Å²) >= 11 is 0. The van der Waals surface area contributed by atoms with Gasteiger partial charge in [-0.25, -0.2) is 0 Å². The first-order valence-electron chi connectivity index (χ1n) is 8.62.